The Kier molecular flexibility index (Phi) is 4.06. The molecule has 14 heavy (non-hydrogen) atoms. The molecule has 1 unspecified atom stereocenters. The van der Waals surface area contributed by atoms with E-state index in [-0.39, 0.29) is 5.75 Å². The molecule has 0 fully saturated rings. The molecule has 0 saturated heterocycles. The van der Waals surface area contributed by atoms with Crippen LogP contribution in [0.1, 0.15) is 0 Å². The second-order valence-corrected chi connectivity index (χ2v) is 3.42. The Balaban J connectivity index is 2.45. The average molecular weight is 220 g/mol. The number of hydrogen-bond acceptors (Lipinski definition) is 5. The Labute approximate surface area is 80.5 Å². The van der Waals surface area contributed by atoms with Crippen LogP contribution >= 0.6 is 7.82 Å². The van der Waals surface area contributed by atoms with E-state index < -0.39 is 7.82 Å². The van der Waals surface area contributed by atoms with Gasteiger partial charge in [-0.05, 0) is 12.1 Å². The van der Waals surface area contributed by atoms with Crippen LogP contribution in [0.15, 0.2) is 30.3 Å². The van der Waals surface area contributed by atoms with Crippen molar-refractivity contribution in [1.82, 2.24) is 0 Å². The zero-order valence-corrected chi connectivity index (χ0v) is 8.22. The van der Waals surface area contributed by atoms with Gasteiger partial charge in [0.1, 0.15) is 0 Å². The topological polar surface area (TPSA) is 74.2 Å². The van der Waals surface area contributed by atoms with Crippen molar-refractivity contribution in [2.75, 3.05) is 7.11 Å². The van der Waals surface area contributed by atoms with Crippen LogP contribution < -0.4 is 4.89 Å². The summed E-state index contributed by atoms with van der Waals surface area (Å²) < 4.78 is 18.9. The number of hydrogen-bond donors (Lipinski definition) is 1. The van der Waals surface area contributed by atoms with E-state index in [0.29, 0.717) is 0 Å². The highest BCUT2D eigenvalue weighted by atomic mass is 31.2. The predicted molar refractivity (Wildman–Crippen MR) is 46.1 cm³/mol. The van der Waals surface area contributed by atoms with Gasteiger partial charge in [-0.2, -0.15) is 0 Å². The number of phosphoric acid groups is 1. The predicted octanol–water partition coefficient (Wildman–Crippen LogP) is 1.68. The molecule has 0 amide bonds. The van der Waals surface area contributed by atoms with Crippen LogP contribution in [0.2, 0.25) is 0 Å². The van der Waals surface area contributed by atoms with Gasteiger partial charge in [0.05, 0.1) is 7.11 Å². The van der Waals surface area contributed by atoms with Crippen molar-refractivity contribution in [2.24, 2.45) is 0 Å². The summed E-state index contributed by atoms with van der Waals surface area (Å²) in [6.45, 7) is 0. The molecule has 0 aliphatic heterocycles. The van der Waals surface area contributed by atoms with Crippen LogP contribution in [-0.4, -0.2) is 12.0 Å². The first-order valence-electron chi connectivity index (χ1n) is 3.60. The minimum atomic E-state index is -4.30. The molecular weight excluding hydrogens is 211 g/mol. The fourth-order valence-electron chi connectivity index (χ4n) is 0.673. The highest BCUT2D eigenvalue weighted by Gasteiger charge is 2.24. The van der Waals surface area contributed by atoms with E-state index in [1.54, 1.807) is 30.3 Å². The van der Waals surface area contributed by atoms with E-state index in [4.69, 9.17) is 4.89 Å². The van der Waals surface area contributed by atoms with Crippen molar-refractivity contribution in [3.63, 3.8) is 0 Å². The van der Waals surface area contributed by atoms with E-state index in [0.717, 1.165) is 7.11 Å². The van der Waals surface area contributed by atoms with Gasteiger partial charge < -0.3 is 4.89 Å². The molecule has 0 aliphatic carbocycles. The van der Waals surface area contributed by atoms with Crippen molar-refractivity contribution in [1.29, 1.82) is 0 Å². The van der Waals surface area contributed by atoms with Gasteiger partial charge in [-0.3, -0.25) is 4.89 Å². The molecule has 0 saturated carbocycles. The van der Waals surface area contributed by atoms with Crippen LogP contribution in [0.3, 0.4) is 0 Å². The quantitative estimate of drug-likeness (QED) is 0.462. The van der Waals surface area contributed by atoms with E-state index in [2.05, 4.69) is 19.1 Å². The van der Waals surface area contributed by atoms with Crippen molar-refractivity contribution in [3.8, 4) is 5.75 Å². The average Bonchev–Trinajstić information content (AvgIpc) is 2.17. The fraction of sp³-hybridized carbons (Fsp3) is 0.143. The summed E-state index contributed by atoms with van der Waals surface area (Å²) in [5, 5.41) is 0. The summed E-state index contributed by atoms with van der Waals surface area (Å²) in [5.74, 6) is 0.279. The molecule has 0 spiro atoms. The minimum absolute atomic E-state index is 0.279. The molecule has 6 nitrogen and oxygen atoms in total. The minimum Gasteiger partial charge on any atom is -0.327 e. The summed E-state index contributed by atoms with van der Waals surface area (Å²) >= 11 is 0. The van der Waals surface area contributed by atoms with E-state index in [9.17, 15) is 4.57 Å². The Bertz CT molecular complexity index is 313. The largest absolute Gasteiger partial charge is 0.535 e. The third-order valence-corrected chi connectivity index (χ3v) is 1.74. The highest BCUT2D eigenvalue weighted by Crippen LogP contribution is 2.43. The lowest BCUT2D eigenvalue weighted by Gasteiger charge is -2.08. The standard InChI is InChI=1S/C7H9O6P/c1-10-12-14(8,9)13-11-7-5-3-2-4-6-7/h2-6H,1H3,(H,8,9). The second-order valence-electron chi connectivity index (χ2n) is 2.18. The normalized spacial score (nSPS) is 14.7. The van der Waals surface area contributed by atoms with Crippen molar-refractivity contribution in [2.45, 2.75) is 0 Å². The van der Waals surface area contributed by atoms with E-state index in [1.807, 2.05) is 0 Å². The maximum atomic E-state index is 10.8. The number of para-hydroxylation sites is 1. The lowest BCUT2D eigenvalue weighted by Crippen LogP contribution is -1.98. The van der Waals surface area contributed by atoms with Gasteiger partial charge in [-0.1, -0.05) is 22.9 Å². The maximum absolute atomic E-state index is 10.8. The summed E-state index contributed by atoms with van der Waals surface area (Å²) in [7, 11) is -3.22. The van der Waals surface area contributed by atoms with Crippen LogP contribution in [0.25, 0.3) is 0 Å². The van der Waals surface area contributed by atoms with Gasteiger partial charge in [0.2, 0.25) is 0 Å². The van der Waals surface area contributed by atoms with Crippen molar-refractivity contribution < 1.29 is 28.6 Å². The third-order valence-electron chi connectivity index (χ3n) is 1.14. The fourth-order valence-corrected chi connectivity index (χ4v) is 1.07. The smallest absolute Gasteiger partial charge is 0.327 e. The van der Waals surface area contributed by atoms with Crippen molar-refractivity contribution >= 4 is 7.82 Å². The molecule has 1 aromatic rings. The van der Waals surface area contributed by atoms with E-state index >= 15 is 0 Å². The lowest BCUT2D eigenvalue weighted by atomic mass is 10.3. The Morgan fingerprint density at radius 2 is 1.86 bits per heavy atom. The van der Waals surface area contributed by atoms with Crippen LogP contribution in [-0.2, 0) is 18.8 Å². The molecule has 0 aromatic heterocycles. The molecule has 7 heteroatoms. The summed E-state index contributed by atoms with van der Waals surface area (Å²) in [6.07, 6.45) is 0. The molecule has 0 heterocycles. The summed E-state index contributed by atoms with van der Waals surface area (Å²) in [5.41, 5.74) is 0. The molecule has 1 rings (SSSR count). The second kappa shape index (κ2) is 5.09. The molecule has 1 aromatic carbocycles. The molecule has 0 bridgehead atoms. The molecule has 78 valence electrons. The first-order chi connectivity index (χ1) is 6.64. The van der Waals surface area contributed by atoms with Crippen molar-refractivity contribution in [3.05, 3.63) is 30.3 Å². The van der Waals surface area contributed by atoms with Gasteiger partial charge in [-0.15, -0.1) is 4.67 Å². The van der Waals surface area contributed by atoms with Gasteiger partial charge in [0.15, 0.2) is 5.75 Å². The Morgan fingerprint density at radius 3 is 2.43 bits per heavy atom. The zero-order valence-electron chi connectivity index (χ0n) is 7.32. The first kappa shape index (κ1) is 11.2. The van der Waals surface area contributed by atoms with Gasteiger partial charge in [0, 0.05) is 0 Å². The van der Waals surface area contributed by atoms with Crippen LogP contribution in [0.4, 0.5) is 0 Å². The SMILES string of the molecule is COOP(=O)(O)OOc1ccccc1. The Hall–Kier alpha value is -0.910. The highest BCUT2D eigenvalue weighted by molar-refractivity contribution is 7.47. The van der Waals surface area contributed by atoms with Gasteiger partial charge >= 0.3 is 7.82 Å². The first-order valence-corrected chi connectivity index (χ1v) is 5.10. The summed E-state index contributed by atoms with van der Waals surface area (Å²) in [6, 6.07) is 8.22. The van der Waals surface area contributed by atoms with Gasteiger partial charge in [-0.25, -0.2) is 9.45 Å². The third kappa shape index (κ3) is 3.87. The zero-order chi connectivity index (χ0) is 10.4. The molecule has 0 aliphatic rings. The monoisotopic (exact) mass is 220 g/mol. The Morgan fingerprint density at radius 1 is 1.21 bits per heavy atom. The maximum Gasteiger partial charge on any atom is 0.535 e. The van der Waals surface area contributed by atoms with Gasteiger partial charge in [0.25, 0.3) is 0 Å². The number of benzene rings is 1. The lowest BCUT2D eigenvalue weighted by molar-refractivity contribution is -0.230. The van der Waals surface area contributed by atoms with Crippen LogP contribution in [0.5, 0.6) is 5.75 Å². The van der Waals surface area contributed by atoms with Crippen LogP contribution in [0, 0.1) is 0 Å². The molecule has 0 radical (unpaired) electrons. The number of rotatable bonds is 5. The summed E-state index contributed by atoms with van der Waals surface area (Å²) in [4.78, 5) is 17.3. The molecular formula is C7H9O6P. The molecule has 1 N–H and O–H groups in total. The van der Waals surface area contributed by atoms with E-state index in [1.165, 1.54) is 0 Å². The molecule has 1 atom stereocenters.